The maximum absolute atomic E-state index is 13.2. The van der Waals surface area contributed by atoms with Crippen LogP contribution in [0, 0.1) is 17.3 Å². The maximum Gasteiger partial charge on any atom is 0.281 e. The molecule has 3 aromatic carbocycles. The molecule has 1 aliphatic heterocycles. The third-order valence-corrected chi connectivity index (χ3v) is 7.16. The lowest BCUT2D eigenvalue weighted by Crippen LogP contribution is -2.30. The van der Waals surface area contributed by atoms with E-state index in [0.29, 0.717) is 22.1 Å². The first kappa shape index (κ1) is 24.5. The van der Waals surface area contributed by atoms with Gasteiger partial charge < -0.3 is 9.64 Å². The maximum atomic E-state index is 13.2. The molecule has 0 bridgehead atoms. The average molecular weight is 697 g/mol. The summed E-state index contributed by atoms with van der Waals surface area (Å²) in [5, 5.41) is 11.4. The third-order valence-electron chi connectivity index (χ3n) is 5.10. The highest BCUT2D eigenvalue weighted by atomic mass is 127. The number of nitro groups is 1. The molecular formula is C24H17I2N3O4S. The SMILES string of the molecule is CN1C(=S)N(c2ccccc2)C(=O)/C1=C/c1cc(I)c(OCc2cccc([N+](=O)[O-])c2)c(I)c1. The van der Waals surface area contributed by atoms with E-state index in [0.717, 1.165) is 18.4 Å². The summed E-state index contributed by atoms with van der Waals surface area (Å²) >= 11 is 9.89. The Morgan fingerprint density at radius 3 is 2.38 bits per heavy atom. The van der Waals surface area contributed by atoms with Gasteiger partial charge in [-0.2, -0.15) is 0 Å². The minimum absolute atomic E-state index is 0.0280. The third kappa shape index (κ3) is 5.08. The molecule has 1 saturated heterocycles. The van der Waals surface area contributed by atoms with E-state index in [1.807, 2.05) is 48.5 Å². The first-order chi connectivity index (χ1) is 16.3. The lowest BCUT2D eigenvalue weighted by Gasteiger charge is -2.16. The molecule has 0 unspecified atom stereocenters. The molecule has 10 heteroatoms. The van der Waals surface area contributed by atoms with Crippen LogP contribution in [0.5, 0.6) is 5.75 Å². The van der Waals surface area contributed by atoms with Gasteiger partial charge in [-0.1, -0.05) is 30.3 Å². The lowest BCUT2D eigenvalue weighted by atomic mass is 10.1. The number of carbonyl (C=O) groups excluding carboxylic acids is 1. The van der Waals surface area contributed by atoms with E-state index >= 15 is 0 Å². The van der Waals surface area contributed by atoms with E-state index in [-0.39, 0.29) is 18.2 Å². The van der Waals surface area contributed by atoms with E-state index in [4.69, 9.17) is 17.0 Å². The molecule has 4 rings (SSSR count). The van der Waals surface area contributed by atoms with Crippen LogP contribution in [0.4, 0.5) is 11.4 Å². The van der Waals surface area contributed by atoms with Crippen LogP contribution in [0.25, 0.3) is 6.08 Å². The number of carbonyl (C=O) groups is 1. The van der Waals surface area contributed by atoms with Crippen molar-refractivity contribution in [1.82, 2.24) is 4.90 Å². The molecule has 1 fully saturated rings. The van der Waals surface area contributed by atoms with E-state index in [1.165, 1.54) is 17.0 Å². The molecule has 0 aromatic heterocycles. The highest BCUT2D eigenvalue weighted by Gasteiger charge is 2.36. The summed E-state index contributed by atoms with van der Waals surface area (Å²) < 4.78 is 7.70. The van der Waals surface area contributed by atoms with Crippen molar-refractivity contribution in [2.45, 2.75) is 6.61 Å². The first-order valence-electron chi connectivity index (χ1n) is 10.0. The number of thiocarbonyl (C=S) groups is 1. The summed E-state index contributed by atoms with van der Waals surface area (Å²) in [4.78, 5) is 27.0. The quantitative estimate of drug-likeness (QED) is 0.104. The number of benzene rings is 3. The summed E-state index contributed by atoms with van der Waals surface area (Å²) in [5.74, 6) is 0.497. The molecule has 172 valence electrons. The number of nitro benzene ring substituents is 1. The van der Waals surface area contributed by atoms with Crippen LogP contribution in [0.15, 0.2) is 72.4 Å². The lowest BCUT2D eigenvalue weighted by molar-refractivity contribution is -0.384. The Hall–Kier alpha value is -2.58. The van der Waals surface area contributed by atoms with E-state index < -0.39 is 4.92 Å². The van der Waals surface area contributed by atoms with Gasteiger partial charge in [0, 0.05) is 19.2 Å². The summed E-state index contributed by atoms with van der Waals surface area (Å²) in [7, 11) is 1.78. The normalized spacial score (nSPS) is 14.7. The van der Waals surface area contributed by atoms with E-state index in [1.54, 1.807) is 24.1 Å². The summed E-state index contributed by atoms with van der Waals surface area (Å²) in [6.45, 7) is 0.204. The number of anilines is 1. The van der Waals surface area contributed by atoms with Crippen molar-refractivity contribution in [1.29, 1.82) is 0 Å². The molecule has 3 aromatic rings. The highest BCUT2D eigenvalue weighted by Crippen LogP contribution is 2.33. The second-order valence-electron chi connectivity index (χ2n) is 7.38. The zero-order chi connectivity index (χ0) is 24.4. The number of non-ortho nitro benzene ring substituents is 1. The number of nitrogens with zero attached hydrogens (tertiary/aromatic N) is 3. The van der Waals surface area contributed by atoms with Crippen LogP contribution in [-0.2, 0) is 11.4 Å². The van der Waals surface area contributed by atoms with Gasteiger partial charge in [0.15, 0.2) is 5.11 Å². The molecule has 1 amide bonds. The number of halogens is 2. The number of hydrogen-bond acceptors (Lipinski definition) is 5. The molecule has 1 aliphatic rings. The number of likely N-dealkylation sites (N-methyl/N-ethyl adjacent to an activating group) is 1. The van der Waals surface area contributed by atoms with Crippen LogP contribution in [0.2, 0.25) is 0 Å². The highest BCUT2D eigenvalue weighted by molar-refractivity contribution is 14.1. The van der Waals surface area contributed by atoms with Gasteiger partial charge in [-0.25, -0.2) is 0 Å². The van der Waals surface area contributed by atoms with E-state index in [9.17, 15) is 14.9 Å². The fraction of sp³-hybridized carbons (Fsp3) is 0.0833. The molecule has 0 spiro atoms. The number of amides is 1. The van der Waals surface area contributed by atoms with Crippen LogP contribution < -0.4 is 9.64 Å². The van der Waals surface area contributed by atoms with Crippen molar-refractivity contribution in [2.24, 2.45) is 0 Å². The van der Waals surface area contributed by atoms with Gasteiger partial charge in [0.2, 0.25) is 0 Å². The van der Waals surface area contributed by atoms with Crippen molar-refractivity contribution >= 4 is 85.9 Å². The molecule has 0 atom stereocenters. The van der Waals surface area contributed by atoms with Crippen molar-refractivity contribution in [3.63, 3.8) is 0 Å². The van der Waals surface area contributed by atoms with Gasteiger partial charge in [-0.15, -0.1) is 0 Å². The topological polar surface area (TPSA) is 75.9 Å². The molecular weight excluding hydrogens is 680 g/mol. The van der Waals surface area contributed by atoms with Gasteiger partial charge in [0.25, 0.3) is 11.6 Å². The zero-order valence-corrected chi connectivity index (χ0v) is 22.9. The van der Waals surface area contributed by atoms with Gasteiger partial charge in [-0.3, -0.25) is 19.8 Å². The summed E-state index contributed by atoms with van der Waals surface area (Å²) in [6.07, 6.45) is 1.81. The standard InChI is InChI=1S/C24H17I2N3O4S/c1-27-21(23(30)28(24(27)34)17-7-3-2-4-8-17)13-16-11-19(25)22(20(26)12-16)33-14-15-6-5-9-18(10-15)29(31)32/h2-13H,14H2,1H3/b21-13-. The van der Waals surface area contributed by atoms with Crippen molar-refractivity contribution < 1.29 is 14.5 Å². The van der Waals surface area contributed by atoms with Gasteiger partial charge in [0.1, 0.15) is 18.1 Å². The van der Waals surface area contributed by atoms with Crippen molar-refractivity contribution in [3.05, 3.63) is 101 Å². The predicted molar refractivity (Wildman–Crippen MR) is 152 cm³/mol. The Kier molecular flexibility index (Phi) is 7.48. The van der Waals surface area contributed by atoms with Crippen LogP contribution in [0.3, 0.4) is 0 Å². The van der Waals surface area contributed by atoms with Crippen LogP contribution in [-0.4, -0.2) is 27.9 Å². The summed E-state index contributed by atoms with van der Waals surface area (Å²) in [6, 6.07) is 19.5. The molecule has 0 saturated carbocycles. The molecule has 7 nitrogen and oxygen atoms in total. The van der Waals surface area contributed by atoms with Crippen LogP contribution in [0.1, 0.15) is 11.1 Å². The van der Waals surface area contributed by atoms with Crippen molar-refractivity contribution in [3.8, 4) is 5.75 Å². The Labute approximate surface area is 228 Å². The fourth-order valence-corrected chi connectivity index (χ4v) is 5.85. The minimum Gasteiger partial charge on any atom is -0.487 e. The van der Waals surface area contributed by atoms with E-state index in [2.05, 4.69) is 45.2 Å². The number of hydrogen-bond donors (Lipinski definition) is 0. The molecule has 0 radical (unpaired) electrons. The Morgan fingerprint density at radius 1 is 1.06 bits per heavy atom. The van der Waals surface area contributed by atoms with Gasteiger partial charge >= 0.3 is 0 Å². The number of ether oxygens (including phenoxy) is 1. The molecule has 1 heterocycles. The molecule has 0 aliphatic carbocycles. The molecule has 34 heavy (non-hydrogen) atoms. The first-order valence-corrected chi connectivity index (χ1v) is 12.6. The Bertz CT molecular complexity index is 1310. The zero-order valence-electron chi connectivity index (χ0n) is 17.8. The fourth-order valence-electron chi connectivity index (χ4n) is 3.44. The predicted octanol–water partition coefficient (Wildman–Crippen LogP) is 5.99. The van der Waals surface area contributed by atoms with Crippen molar-refractivity contribution in [2.75, 3.05) is 11.9 Å². The minimum atomic E-state index is -0.425. The van der Waals surface area contributed by atoms with Gasteiger partial charge in [-0.05, 0) is 98.9 Å². The summed E-state index contributed by atoms with van der Waals surface area (Å²) in [5.41, 5.74) is 2.77. The second-order valence-corrected chi connectivity index (χ2v) is 10.1. The molecule has 0 N–H and O–H groups in total. The monoisotopic (exact) mass is 697 g/mol. The smallest absolute Gasteiger partial charge is 0.281 e. The largest absolute Gasteiger partial charge is 0.487 e. The number of rotatable bonds is 6. The second kappa shape index (κ2) is 10.4. The Morgan fingerprint density at radius 2 is 1.74 bits per heavy atom. The van der Waals surface area contributed by atoms with Crippen LogP contribution >= 0.6 is 57.4 Å². The average Bonchev–Trinajstić information content (AvgIpc) is 3.02. The number of para-hydroxylation sites is 1. The van der Waals surface area contributed by atoms with Gasteiger partial charge in [0.05, 0.1) is 17.8 Å². The Balaban J connectivity index is 1.57.